The quantitative estimate of drug-likeness (QED) is 0.732. The molecule has 0 radical (unpaired) electrons. The zero-order valence-electron chi connectivity index (χ0n) is 10.6. The highest BCUT2D eigenvalue weighted by molar-refractivity contribution is 9.10. The molecule has 98 valence electrons. The van der Waals surface area contributed by atoms with Crippen molar-refractivity contribution in [3.8, 4) is 5.82 Å². The Hall–Kier alpha value is -1.96. The summed E-state index contributed by atoms with van der Waals surface area (Å²) in [6.07, 6.45) is 0. The third-order valence-corrected chi connectivity index (χ3v) is 4.12. The lowest BCUT2D eigenvalue weighted by molar-refractivity contribution is 0.786. The average Bonchev–Trinajstić information content (AvgIpc) is 2.86. The Labute approximate surface area is 116 Å². The second-order valence-electron chi connectivity index (χ2n) is 4.28. The summed E-state index contributed by atoms with van der Waals surface area (Å²) in [6, 6.07) is 1.72. The molecule has 0 aromatic carbocycles. The molecule has 3 heterocycles. The first-order valence-electron chi connectivity index (χ1n) is 5.66. The monoisotopic (exact) mass is 322 g/mol. The van der Waals surface area contributed by atoms with Crippen LogP contribution in [-0.2, 0) is 0 Å². The number of nitrogens with one attached hydrogen (secondary N) is 1. The molecule has 0 unspecified atom stereocenters. The van der Waals surface area contributed by atoms with Crippen LogP contribution in [0.25, 0.3) is 11.5 Å². The van der Waals surface area contributed by atoms with E-state index in [0.717, 1.165) is 15.9 Å². The van der Waals surface area contributed by atoms with Gasteiger partial charge < -0.3 is 0 Å². The number of fused-ring (bicyclic) bond motifs is 1. The van der Waals surface area contributed by atoms with Crippen molar-refractivity contribution in [1.82, 2.24) is 29.4 Å². The number of H-pyrrole nitrogens is 1. The van der Waals surface area contributed by atoms with E-state index in [1.807, 2.05) is 13.8 Å². The third-order valence-electron chi connectivity index (χ3n) is 2.98. The lowest BCUT2D eigenvalue weighted by Crippen LogP contribution is -2.14. The SMILES string of the molecule is Cc1nn(-c2cc3n[nH]c(=O)n3c(C)n2)c(C)c1Br. The molecule has 8 heteroatoms. The lowest BCUT2D eigenvalue weighted by atomic mass is 10.4. The predicted octanol–water partition coefficient (Wildman–Crippen LogP) is 1.29. The van der Waals surface area contributed by atoms with Gasteiger partial charge in [0.05, 0.1) is 15.9 Å². The first-order chi connectivity index (χ1) is 8.99. The zero-order chi connectivity index (χ0) is 13.7. The molecule has 0 spiro atoms. The summed E-state index contributed by atoms with van der Waals surface area (Å²) in [6.45, 7) is 5.62. The van der Waals surface area contributed by atoms with Gasteiger partial charge in [-0.3, -0.25) is 0 Å². The van der Waals surface area contributed by atoms with E-state index >= 15 is 0 Å². The van der Waals surface area contributed by atoms with Crippen molar-refractivity contribution in [3.63, 3.8) is 0 Å². The maximum atomic E-state index is 11.5. The van der Waals surface area contributed by atoms with E-state index < -0.39 is 0 Å². The Balaban J connectivity index is 2.31. The molecule has 0 saturated carbocycles. The molecule has 0 aliphatic carbocycles. The van der Waals surface area contributed by atoms with E-state index in [4.69, 9.17) is 0 Å². The van der Waals surface area contributed by atoms with E-state index in [2.05, 4.69) is 36.2 Å². The smallest absolute Gasteiger partial charge is 0.246 e. The van der Waals surface area contributed by atoms with Gasteiger partial charge in [-0.15, -0.1) is 0 Å². The fourth-order valence-electron chi connectivity index (χ4n) is 2.04. The molecule has 7 nitrogen and oxygen atoms in total. The molecule has 0 aliphatic heterocycles. The number of rotatable bonds is 1. The van der Waals surface area contributed by atoms with Crippen LogP contribution in [-0.4, -0.2) is 29.4 Å². The molecule has 19 heavy (non-hydrogen) atoms. The molecule has 3 aromatic rings. The highest BCUT2D eigenvalue weighted by atomic mass is 79.9. The molecule has 0 saturated heterocycles. The summed E-state index contributed by atoms with van der Waals surface area (Å²) >= 11 is 3.48. The second-order valence-corrected chi connectivity index (χ2v) is 5.07. The Kier molecular flexibility index (Phi) is 2.56. The number of hydrogen-bond donors (Lipinski definition) is 1. The minimum Gasteiger partial charge on any atom is -0.246 e. The molecule has 0 atom stereocenters. The van der Waals surface area contributed by atoms with E-state index in [-0.39, 0.29) is 5.69 Å². The second kappa shape index (κ2) is 4.02. The van der Waals surface area contributed by atoms with Crippen LogP contribution < -0.4 is 5.69 Å². The average molecular weight is 323 g/mol. The number of aromatic amines is 1. The first-order valence-corrected chi connectivity index (χ1v) is 6.45. The Morgan fingerprint density at radius 3 is 2.68 bits per heavy atom. The van der Waals surface area contributed by atoms with Crippen molar-refractivity contribution >= 4 is 21.6 Å². The maximum absolute atomic E-state index is 11.5. The fraction of sp³-hybridized carbons (Fsp3) is 0.273. The summed E-state index contributed by atoms with van der Waals surface area (Å²) in [5.74, 6) is 1.20. The molecular weight excluding hydrogens is 312 g/mol. The topological polar surface area (TPSA) is 80.9 Å². The highest BCUT2D eigenvalue weighted by Crippen LogP contribution is 2.22. The van der Waals surface area contributed by atoms with E-state index in [0.29, 0.717) is 17.3 Å². The van der Waals surface area contributed by atoms with Gasteiger partial charge in [0.2, 0.25) is 0 Å². The molecule has 0 amide bonds. The van der Waals surface area contributed by atoms with Crippen LogP contribution in [0.3, 0.4) is 0 Å². The van der Waals surface area contributed by atoms with Gasteiger partial charge in [0, 0.05) is 6.07 Å². The van der Waals surface area contributed by atoms with Crippen LogP contribution in [0.4, 0.5) is 0 Å². The van der Waals surface area contributed by atoms with Crippen LogP contribution in [0, 0.1) is 20.8 Å². The van der Waals surface area contributed by atoms with Gasteiger partial charge in [0.25, 0.3) is 0 Å². The predicted molar refractivity (Wildman–Crippen MR) is 72.6 cm³/mol. The van der Waals surface area contributed by atoms with Crippen molar-refractivity contribution in [2.24, 2.45) is 0 Å². The summed E-state index contributed by atoms with van der Waals surface area (Å²) in [5, 5.41) is 10.8. The maximum Gasteiger partial charge on any atom is 0.349 e. The van der Waals surface area contributed by atoms with Gasteiger partial charge >= 0.3 is 5.69 Å². The molecular formula is C11H11BrN6O. The van der Waals surface area contributed by atoms with Crippen LogP contribution in [0.2, 0.25) is 0 Å². The third kappa shape index (κ3) is 1.71. The summed E-state index contributed by atoms with van der Waals surface area (Å²) in [7, 11) is 0. The highest BCUT2D eigenvalue weighted by Gasteiger charge is 2.14. The normalized spacial score (nSPS) is 11.4. The van der Waals surface area contributed by atoms with E-state index in [1.165, 1.54) is 4.40 Å². The Morgan fingerprint density at radius 2 is 2.05 bits per heavy atom. The minimum absolute atomic E-state index is 0.291. The fourth-order valence-corrected chi connectivity index (χ4v) is 2.28. The summed E-state index contributed by atoms with van der Waals surface area (Å²) in [5.41, 5.74) is 2.07. The van der Waals surface area contributed by atoms with Gasteiger partial charge in [0.15, 0.2) is 11.5 Å². The van der Waals surface area contributed by atoms with Crippen molar-refractivity contribution in [3.05, 3.63) is 38.2 Å². The summed E-state index contributed by atoms with van der Waals surface area (Å²) < 4.78 is 4.10. The molecule has 3 aromatic heterocycles. The number of aromatic nitrogens is 6. The lowest BCUT2D eigenvalue weighted by Gasteiger charge is -2.05. The molecule has 0 aliphatic rings. The van der Waals surface area contributed by atoms with Crippen LogP contribution >= 0.6 is 15.9 Å². The first kappa shape index (κ1) is 12.1. The standard InChI is InChI=1S/C11H11BrN6O/c1-5-10(12)6(2)18(16-5)8-4-9-14-15-11(19)17(9)7(3)13-8/h4H,1-3H3,(H,15,19). The van der Waals surface area contributed by atoms with Crippen molar-refractivity contribution in [2.45, 2.75) is 20.8 Å². The van der Waals surface area contributed by atoms with E-state index in [9.17, 15) is 4.79 Å². The Bertz CT molecular complexity index is 843. The van der Waals surface area contributed by atoms with Gasteiger partial charge in [-0.1, -0.05) is 0 Å². The van der Waals surface area contributed by atoms with Gasteiger partial charge in [0.1, 0.15) is 5.82 Å². The van der Waals surface area contributed by atoms with Crippen LogP contribution in [0.1, 0.15) is 17.2 Å². The van der Waals surface area contributed by atoms with Gasteiger partial charge in [-0.05, 0) is 36.7 Å². The number of aryl methyl sites for hydroxylation is 2. The van der Waals surface area contributed by atoms with Crippen molar-refractivity contribution < 1.29 is 0 Å². The van der Waals surface area contributed by atoms with Crippen molar-refractivity contribution in [1.29, 1.82) is 0 Å². The van der Waals surface area contributed by atoms with Crippen LogP contribution in [0.5, 0.6) is 0 Å². The molecule has 0 fully saturated rings. The number of hydrogen-bond acceptors (Lipinski definition) is 4. The number of nitrogens with zero attached hydrogens (tertiary/aromatic N) is 5. The molecule has 0 bridgehead atoms. The molecule has 3 rings (SSSR count). The van der Waals surface area contributed by atoms with E-state index in [1.54, 1.807) is 17.7 Å². The molecule has 1 N–H and O–H groups in total. The van der Waals surface area contributed by atoms with Gasteiger partial charge in [-0.2, -0.15) is 10.2 Å². The van der Waals surface area contributed by atoms with Crippen molar-refractivity contribution in [2.75, 3.05) is 0 Å². The largest absolute Gasteiger partial charge is 0.349 e. The van der Waals surface area contributed by atoms with Crippen LogP contribution in [0.15, 0.2) is 15.3 Å². The zero-order valence-corrected chi connectivity index (χ0v) is 12.2. The Morgan fingerprint density at radius 1 is 1.32 bits per heavy atom. The van der Waals surface area contributed by atoms with Gasteiger partial charge in [-0.25, -0.2) is 24.0 Å². The number of halogens is 1. The summed E-state index contributed by atoms with van der Waals surface area (Å²) in [4.78, 5) is 15.9. The minimum atomic E-state index is -0.291.